The molecule has 0 saturated carbocycles. The van der Waals surface area contributed by atoms with Crippen LogP contribution in [-0.4, -0.2) is 32.5 Å². The highest BCUT2D eigenvalue weighted by Gasteiger charge is 2.17. The van der Waals surface area contributed by atoms with Gasteiger partial charge in [-0.3, -0.25) is 9.52 Å². The fraction of sp³-hybridized carbons (Fsp3) is 0.235. The molecule has 0 aliphatic heterocycles. The molecule has 7 heteroatoms. The zero-order valence-corrected chi connectivity index (χ0v) is 15.3. The third kappa shape index (κ3) is 4.72. The highest BCUT2D eigenvalue weighted by Crippen LogP contribution is 2.22. The van der Waals surface area contributed by atoms with Gasteiger partial charge < -0.3 is 4.90 Å². The Morgan fingerprint density at radius 2 is 1.79 bits per heavy atom. The summed E-state index contributed by atoms with van der Waals surface area (Å²) in [6.45, 7) is 2.15. The van der Waals surface area contributed by atoms with Gasteiger partial charge >= 0.3 is 0 Å². The van der Waals surface area contributed by atoms with Crippen molar-refractivity contribution in [2.24, 2.45) is 0 Å². The molecule has 0 unspecified atom stereocenters. The quantitative estimate of drug-likeness (QED) is 0.882. The molecular weight excluding hydrogens is 348 g/mol. The van der Waals surface area contributed by atoms with Gasteiger partial charge in [0.25, 0.3) is 5.91 Å². The van der Waals surface area contributed by atoms with E-state index in [2.05, 4.69) is 4.72 Å². The molecule has 2 rings (SSSR count). The zero-order chi connectivity index (χ0) is 17.9. The number of carbonyl (C=O) groups excluding carboxylic acids is 1. The number of nitrogens with zero attached hydrogens (tertiary/aromatic N) is 1. The van der Waals surface area contributed by atoms with Gasteiger partial charge in [0.1, 0.15) is 0 Å². The van der Waals surface area contributed by atoms with E-state index in [1.807, 2.05) is 12.1 Å². The van der Waals surface area contributed by atoms with Crippen molar-refractivity contribution in [3.05, 3.63) is 64.2 Å². The van der Waals surface area contributed by atoms with Crippen LogP contribution in [-0.2, 0) is 16.6 Å². The molecule has 0 bridgehead atoms. The van der Waals surface area contributed by atoms with Gasteiger partial charge in [-0.2, -0.15) is 0 Å². The van der Waals surface area contributed by atoms with E-state index < -0.39 is 10.0 Å². The van der Waals surface area contributed by atoms with Gasteiger partial charge in [0, 0.05) is 24.2 Å². The Bertz CT molecular complexity index is 849. The smallest absolute Gasteiger partial charge is 0.254 e. The van der Waals surface area contributed by atoms with E-state index in [9.17, 15) is 13.2 Å². The molecule has 2 aromatic carbocycles. The Hall–Kier alpha value is -2.05. The van der Waals surface area contributed by atoms with E-state index in [0.29, 0.717) is 28.4 Å². The van der Waals surface area contributed by atoms with E-state index in [1.165, 1.54) is 0 Å². The molecule has 0 radical (unpaired) electrons. The first-order chi connectivity index (χ1) is 11.2. The lowest BCUT2D eigenvalue weighted by Gasteiger charge is -2.20. The number of halogens is 1. The third-order valence-electron chi connectivity index (χ3n) is 3.54. The van der Waals surface area contributed by atoms with Crippen molar-refractivity contribution in [1.82, 2.24) is 4.90 Å². The highest BCUT2D eigenvalue weighted by atomic mass is 35.5. The monoisotopic (exact) mass is 366 g/mol. The van der Waals surface area contributed by atoms with E-state index in [1.54, 1.807) is 49.2 Å². The lowest BCUT2D eigenvalue weighted by atomic mass is 10.1. The molecule has 0 saturated heterocycles. The number of nitrogens with one attached hydrogen (secondary N) is 1. The van der Waals surface area contributed by atoms with Crippen LogP contribution in [0.2, 0.25) is 5.02 Å². The van der Waals surface area contributed by atoms with Gasteiger partial charge in [0.15, 0.2) is 0 Å². The molecule has 1 amide bonds. The molecule has 2 aromatic rings. The molecule has 0 aromatic heterocycles. The average Bonchev–Trinajstić information content (AvgIpc) is 2.49. The molecule has 0 fully saturated rings. The molecule has 0 spiro atoms. The molecule has 128 valence electrons. The lowest BCUT2D eigenvalue weighted by Crippen LogP contribution is -2.27. The van der Waals surface area contributed by atoms with Crippen LogP contribution >= 0.6 is 11.6 Å². The highest BCUT2D eigenvalue weighted by molar-refractivity contribution is 7.92. The van der Waals surface area contributed by atoms with Crippen molar-refractivity contribution in [1.29, 1.82) is 0 Å². The second-order valence-corrected chi connectivity index (χ2v) is 7.82. The first-order valence-corrected chi connectivity index (χ1v) is 9.51. The molecule has 24 heavy (non-hydrogen) atoms. The van der Waals surface area contributed by atoms with Gasteiger partial charge in [0.05, 0.1) is 11.9 Å². The van der Waals surface area contributed by atoms with E-state index in [4.69, 9.17) is 11.6 Å². The summed E-state index contributed by atoms with van der Waals surface area (Å²) in [4.78, 5) is 14.3. The maximum atomic E-state index is 12.7. The largest absolute Gasteiger partial charge is 0.337 e. The minimum absolute atomic E-state index is 0.181. The van der Waals surface area contributed by atoms with Crippen molar-refractivity contribution >= 4 is 33.2 Å². The molecular formula is C17H19ClN2O3S. The van der Waals surface area contributed by atoms with Gasteiger partial charge in [-0.1, -0.05) is 29.8 Å². The summed E-state index contributed by atoms with van der Waals surface area (Å²) in [7, 11) is -1.70. The second-order valence-electron chi connectivity index (χ2n) is 5.64. The fourth-order valence-electron chi connectivity index (χ4n) is 2.32. The van der Waals surface area contributed by atoms with Crippen LogP contribution in [0, 0.1) is 6.92 Å². The van der Waals surface area contributed by atoms with Gasteiger partial charge in [0.2, 0.25) is 10.0 Å². The minimum Gasteiger partial charge on any atom is -0.337 e. The number of anilines is 1. The first-order valence-electron chi connectivity index (χ1n) is 7.24. The Balaban J connectivity index is 2.22. The number of benzene rings is 2. The Kier molecular flexibility index (Phi) is 5.51. The summed E-state index contributed by atoms with van der Waals surface area (Å²) in [5.41, 5.74) is 2.41. The number of hydrogen-bond acceptors (Lipinski definition) is 3. The van der Waals surface area contributed by atoms with Crippen LogP contribution < -0.4 is 4.72 Å². The maximum absolute atomic E-state index is 12.7. The second kappa shape index (κ2) is 7.23. The van der Waals surface area contributed by atoms with Gasteiger partial charge in [-0.15, -0.1) is 0 Å². The molecule has 0 heterocycles. The standard InChI is InChI=1S/C17H19ClN2O3S/c1-12-15(5-4-6-16(12)19-24(3,22)23)17(21)20(2)11-13-7-9-14(18)10-8-13/h4-10,19H,11H2,1-3H3. The number of hydrogen-bond donors (Lipinski definition) is 1. The van der Waals surface area contributed by atoms with Crippen LogP contribution in [0.4, 0.5) is 5.69 Å². The molecule has 1 N–H and O–H groups in total. The Labute approximate surface area is 147 Å². The van der Waals surface area contributed by atoms with Crippen molar-refractivity contribution in [2.75, 3.05) is 18.0 Å². The zero-order valence-electron chi connectivity index (χ0n) is 13.7. The van der Waals surface area contributed by atoms with Crippen LogP contribution in [0.5, 0.6) is 0 Å². The van der Waals surface area contributed by atoms with Crippen LogP contribution in [0.3, 0.4) is 0 Å². The molecule has 0 aliphatic carbocycles. The van der Waals surface area contributed by atoms with Crippen molar-refractivity contribution < 1.29 is 13.2 Å². The predicted molar refractivity (Wildman–Crippen MR) is 96.9 cm³/mol. The van der Waals surface area contributed by atoms with E-state index >= 15 is 0 Å². The van der Waals surface area contributed by atoms with Crippen LogP contribution in [0.1, 0.15) is 21.5 Å². The van der Waals surface area contributed by atoms with Crippen molar-refractivity contribution in [3.8, 4) is 0 Å². The maximum Gasteiger partial charge on any atom is 0.254 e. The number of rotatable bonds is 5. The topological polar surface area (TPSA) is 66.5 Å². The summed E-state index contributed by atoms with van der Waals surface area (Å²) < 4.78 is 25.3. The Morgan fingerprint density at radius 1 is 1.17 bits per heavy atom. The number of amides is 1. The molecule has 0 atom stereocenters. The summed E-state index contributed by atoms with van der Waals surface area (Å²) in [5.74, 6) is -0.181. The molecule has 5 nitrogen and oxygen atoms in total. The number of sulfonamides is 1. The summed E-state index contributed by atoms with van der Waals surface area (Å²) in [6.07, 6.45) is 1.08. The molecule has 0 aliphatic rings. The fourth-order valence-corrected chi connectivity index (χ4v) is 3.07. The lowest BCUT2D eigenvalue weighted by molar-refractivity contribution is 0.0784. The van der Waals surface area contributed by atoms with Gasteiger partial charge in [-0.05, 0) is 42.3 Å². The average molecular weight is 367 g/mol. The summed E-state index contributed by atoms with van der Waals surface area (Å²) in [5, 5.41) is 0.642. The summed E-state index contributed by atoms with van der Waals surface area (Å²) in [6, 6.07) is 12.2. The van der Waals surface area contributed by atoms with E-state index in [0.717, 1.165) is 11.8 Å². The number of carbonyl (C=O) groups is 1. The third-order valence-corrected chi connectivity index (χ3v) is 4.38. The first kappa shape index (κ1) is 18.3. The SMILES string of the molecule is Cc1c(NS(C)(=O)=O)cccc1C(=O)N(C)Cc1ccc(Cl)cc1. The normalized spacial score (nSPS) is 11.2. The summed E-state index contributed by atoms with van der Waals surface area (Å²) >= 11 is 5.86. The van der Waals surface area contributed by atoms with Gasteiger partial charge in [-0.25, -0.2) is 8.42 Å². The Morgan fingerprint density at radius 3 is 2.38 bits per heavy atom. The van der Waals surface area contributed by atoms with E-state index in [-0.39, 0.29) is 5.91 Å². The van der Waals surface area contributed by atoms with Crippen molar-refractivity contribution in [3.63, 3.8) is 0 Å². The predicted octanol–water partition coefficient (Wildman–Crippen LogP) is 3.29. The van der Waals surface area contributed by atoms with Crippen LogP contribution in [0.25, 0.3) is 0 Å². The van der Waals surface area contributed by atoms with Crippen molar-refractivity contribution in [2.45, 2.75) is 13.5 Å². The van der Waals surface area contributed by atoms with Crippen LogP contribution in [0.15, 0.2) is 42.5 Å². The minimum atomic E-state index is -3.40.